The third kappa shape index (κ3) is 5.05. The van der Waals surface area contributed by atoms with Crippen LogP contribution >= 0.6 is 0 Å². The number of hydrogen-bond donors (Lipinski definition) is 1. The number of anilines is 1. The van der Waals surface area contributed by atoms with Crippen LogP contribution < -0.4 is 10.1 Å². The van der Waals surface area contributed by atoms with E-state index < -0.39 is 0 Å². The molecule has 19 heavy (non-hydrogen) atoms. The molecule has 0 spiro atoms. The van der Waals surface area contributed by atoms with Crippen LogP contribution in [-0.4, -0.2) is 22.1 Å². The molecule has 1 fully saturated rings. The summed E-state index contributed by atoms with van der Waals surface area (Å²) in [5, 5.41) is 3.46. The normalized spacial score (nSPS) is 17.8. The lowest BCUT2D eigenvalue weighted by atomic mass is 9.97. The average Bonchev–Trinajstić information content (AvgIpc) is 2.32. The first-order chi connectivity index (χ1) is 9.24. The highest BCUT2D eigenvalue weighted by Gasteiger charge is 2.12. The highest BCUT2D eigenvalue weighted by molar-refractivity contribution is 5.28. The number of hydrogen-bond acceptors (Lipinski definition) is 4. The molecule has 0 unspecified atom stereocenters. The van der Waals surface area contributed by atoms with E-state index in [0.29, 0.717) is 17.9 Å². The van der Waals surface area contributed by atoms with Gasteiger partial charge in [0.25, 0.3) is 0 Å². The van der Waals surface area contributed by atoms with Gasteiger partial charge in [0, 0.05) is 18.3 Å². The molecule has 1 N–H and O–H groups in total. The number of aromatic nitrogens is 2. The zero-order chi connectivity index (χ0) is 13.5. The minimum Gasteiger partial charge on any atom is -0.475 e. The third-order valence-corrected chi connectivity index (χ3v) is 3.42. The van der Waals surface area contributed by atoms with Crippen molar-refractivity contribution in [2.24, 2.45) is 0 Å². The Morgan fingerprint density at radius 2 is 1.84 bits per heavy atom. The molecule has 1 aliphatic carbocycles. The summed E-state index contributed by atoms with van der Waals surface area (Å²) in [6.07, 6.45) is 11.1. The molecule has 0 saturated heterocycles. The van der Waals surface area contributed by atoms with Crippen LogP contribution in [0.25, 0.3) is 0 Å². The van der Waals surface area contributed by atoms with E-state index in [0.717, 1.165) is 0 Å². The van der Waals surface area contributed by atoms with Gasteiger partial charge >= 0.3 is 0 Å². The quantitative estimate of drug-likeness (QED) is 0.897. The van der Waals surface area contributed by atoms with Gasteiger partial charge in [-0.3, -0.25) is 0 Å². The van der Waals surface area contributed by atoms with Gasteiger partial charge in [-0.1, -0.05) is 32.1 Å². The van der Waals surface area contributed by atoms with Crippen molar-refractivity contribution in [3.05, 3.63) is 12.3 Å². The summed E-state index contributed by atoms with van der Waals surface area (Å²) in [5.41, 5.74) is 0. The van der Waals surface area contributed by atoms with E-state index in [1.54, 1.807) is 6.20 Å². The Hall–Kier alpha value is -1.32. The van der Waals surface area contributed by atoms with E-state index in [2.05, 4.69) is 15.3 Å². The van der Waals surface area contributed by atoms with E-state index in [1.807, 2.05) is 19.9 Å². The van der Waals surface area contributed by atoms with Crippen molar-refractivity contribution in [3.63, 3.8) is 0 Å². The predicted octanol–water partition coefficient (Wildman–Crippen LogP) is 3.79. The lowest BCUT2D eigenvalue weighted by Crippen LogP contribution is -2.22. The Balaban J connectivity index is 1.93. The van der Waals surface area contributed by atoms with Crippen LogP contribution in [0.1, 0.15) is 58.8 Å². The number of nitrogens with one attached hydrogen (secondary N) is 1. The van der Waals surface area contributed by atoms with Crippen molar-refractivity contribution >= 4 is 5.95 Å². The molecule has 2 rings (SSSR count). The lowest BCUT2D eigenvalue weighted by Gasteiger charge is -2.21. The largest absolute Gasteiger partial charge is 0.475 e. The van der Waals surface area contributed by atoms with Crippen LogP contribution in [0.4, 0.5) is 5.95 Å². The maximum Gasteiger partial charge on any atom is 0.226 e. The molecule has 4 heteroatoms. The minimum absolute atomic E-state index is 0.143. The molecule has 0 aromatic carbocycles. The van der Waals surface area contributed by atoms with Gasteiger partial charge in [-0.25, -0.2) is 4.98 Å². The lowest BCUT2D eigenvalue weighted by molar-refractivity contribution is 0.232. The molecule has 1 aromatic heterocycles. The molecule has 1 saturated carbocycles. The zero-order valence-electron chi connectivity index (χ0n) is 12.1. The molecular formula is C15H25N3O. The molecular weight excluding hydrogens is 238 g/mol. The molecule has 0 aliphatic heterocycles. The minimum atomic E-state index is 0.143. The fourth-order valence-electron chi connectivity index (χ4n) is 2.50. The van der Waals surface area contributed by atoms with Gasteiger partial charge in [0.2, 0.25) is 11.8 Å². The fourth-order valence-corrected chi connectivity index (χ4v) is 2.50. The molecule has 4 nitrogen and oxygen atoms in total. The van der Waals surface area contributed by atoms with E-state index >= 15 is 0 Å². The molecule has 0 atom stereocenters. The second-order valence-electron chi connectivity index (χ2n) is 5.57. The number of nitrogens with zero attached hydrogens (tertiary/aromatic N) is 2. The van der Waals surface area contributed by atoms with Gasteiger partial charge in [-0.15, -0.1) is 0 Å². The van der Waals surface area contributed by atoms with E-state index in [9.17, 15) is 0 Å². The summed E-state index contributed by atoms with van der Waals surface area (Å²) >= 11 is 0. The van der Waals surface area contributed by atoms with Gasteiger partial charge in [-0.05, 0) is 26.7 Å². The van der Waals surface area contributed by atoms with Crippen molar-refractivity contribution in [2.75, 3.05) is 5.32 Å². The Morgan fingerprint density at radius 1 is 1.16 bits per heavy atom. The maximum atomic E-state index is 5.60. The molecule has 1 aliphatic rings. The van der Waals surface area contributed by atoms with Crippen molar-refractivity contribution < 1.29 is 4.74 Å². The Labute approximate surface area is 116 Å². The Kier molecular flexibility index (Phi) is 5.43. The van der Waals surface area contributed by atoms with Crippen molar-refractivity contribution in [2.45, 2.75) is 70.9 Å². The number of rotatable bonds is 4. The topological polar surface area (TPSA) is 47.0 Å². The first-order valence-electron chi connectivity index (χ1n) is 7.50. The van der Waals surface area contributed by atoms with Gasteiger partial charge in [-0.2, -0.15) is 4.98 Å². The molecule has 0 bridgehead atoms. The molecule has 0 radical (unpaired) electrons. The smallest absolute Gasteiger partial charge is 0.226 e. The van der Waals surface area contributed by atoms with Crippen LogP contribution in [0.2, 0.25) is 0 Å². The predicted molar refractivity (Wildman–Crippen MR) is 77.5 cm³/mol. The first kappa shape index (κ1) is 14.1. The maximum absolute atomic E-state index is 5.60. The summed E-state index contributed by atoms with van der Waals surface area (Å²) in [5.74, 6) is 1.35. The third-order valence-electron chi connectivity index (χ3n) is 3.42. The van der Waals surface area contributed by atoms with Crippen LogP contribution in [0.5, 0.6) is 5.88 Å². The summed E-state index contributed by atoms with van der Waals surface area (Å²) in [6.45, 7) is 4.01. The number of ether oxygens (including phenoxy) is 1. The van der Waals surface area contributed by atoms with Crippen molar-refractivity contribution in [1.82, 2.24) is 9.97 Å². The van der Waals surface area contributed by atoms with Crippen molar-refractivity contribution in [3.8, 4) is 5.88 Å². The average molecular weight is 263 g/mol. The zero-order valence-corrected chi connectivity index (χ0v) is 12.1. The van der Waals surface area contributed by atoms with E-state index in [-0.39, 0.29) is 6.10 Å². The van der Waals surface area contributed by atoms with Gasteiger partial charge < -0.3 is 10.1 Å². The van der Waals surface area contributed by atoms with Gasteiger partial charge in [0.1, 0.15) is 0 Å². The Bertz CT molecular complexity index is 373. The Morgan fingerprint density at radius 3 is 2.53 bits per heavy atom. The summed E-state index contributed by atoms with van der Waals surface area (Å²) < 4.78 is 5.60. The molecule has 1 aromatic rings. The monoisotopic (exact) mass is 263 g/mol. The van der Waals surface area contributed by atoms with Gasteiger partial charge in [0.15, 0.2) is 0 Å². The molecule has 106 valence electrons. The molecule has 0 amide bonds. The first-order valence-corrected chi connectivity index (χ1v) is 7.50. The van der Waals surface area contributed by atoms with Crippen LogP contribution in [0, 0.1) is 0 Å². The summed E-state index contributed by atoms with van der Waals surface area (Å²) in [4.78, 5) is 8.71. The van der Waals surface area contributed by atoms with Crippen LogP contribution in [0.3, 0.4) is 0 Å². The van der Waals surface area contributed by atoms with Gasteiger partial charge in [0.05, 0.1) is 6.10 Å². The summed E-state index contributed by atoms with van der Waals surface area (Å²) in [6, 6.07) is 2.32. The second kappa shape index (κ2) is 7.31. The van der Waals surface area contributed by atoms with E-state index in [4.69, 9.17) is 4.74 Å². The van der Waals surface area contributed by atoms with Crippen LogP contribution in [-0.2, 0) is 0 Å². The molecule has 1 heterocycles. The summed E-state index contributed by atoms with van der Waals surface area (Å²) in [7, 11) is 0. The standard InChI is InChI=1S/C15H25N3O/c1-12(2)19-14-10-11-16-15(18-14)17-13-8-6-4-3-5-7-9-13/h10-13H,3-9H2,1-2H3,(H,16,17,18). The highest BCUT2D eigenvalue weighted by atomic mass is 16.5. The SMILES string of the molecule is CC(C)Oc1ccnc(NC2CCCCCCC2)n1. The van der Waals surface area contributed by atoms with E-state index in [1.165, 1.54) is 44.9 Å². The highest BCUT2D eigenvalue weighted by Crippen LogP contribution is 2.20. The van der Waals surface area contributed by atoms with Crippen LogP contribution in [0.15, 0.2) is 12.3 Å². The van der Waals surface area contributed by atoms with Crippen molar-refractivity contribution in [1.29, 1.82) is 0 Å². The second-order valence-corrected chi connectivity index (χ2v) is 5.57. The fraction of sp³-hybridized carbons (Fsp3) is 0.733.